The fourth-order valence-corrected chi connectivity index (χ4v) is 1.92. The van der Waals surface area contributed by atoms with Crippen LogP contribution in [-0.4, -0.2) is 22.5 Å². The zero-order valence-corrected chi connectivity index (χ0v) is 9.73. The maximum absolute atomic E-state index is 8.83. The van der Waals surface area contributed by atoms with Gasteiger partial charge in [0.25, 0.3) is 0 Å². The monoisotopic (exact) mass is 215 g/mol. The number of hydrogen-bond acceptors (Lipinski definition) is 4. The number of thioether (sulfide) groups is 1. The van der Waals surface area contributed by atoms with Crippen molar-refractivity contribution < 1.29 is 9.52 Å². The van der Waals surface area contributed by atoms with Gasteiger partial charge in [-0.05, 0) is 25.5 Å². The first-order chi connectivity index (χ1) is 6.63. The molecule has 0 bridgehead atoms. The minimum absolute atomic E-state index is 0.247. The van der Waals surface area contributed by atoms with Gasteiger partial charge in [0.05, 0.1) is 11.4 Å². The summed E-state index contributed by atoms with van der Waals surface area (Å²) in [6.45, 7) is 6.14. The van der Waals surface area contributed by atoms with E-state index in [0.29, 0.717) is 5.92 Å². The van der Waals surface area contributed by atoms with Gasteiger partial charge < -0.3 is 9.52 Å². The van der Waals surface area contributed by atoms with Crippen LogP contribution in [0.5, 0.6) is 0 Å². The zero-order chi connectivity index (χ0) is 10.6. The van der Waals surface area contributed by atoms with Gasteiger partial charge >= 0.3 is 0 Å². The van der Waals surface area contributed by atoms with Crippen molar-refractivity contribution in [3.63, 3.8) is 0 Å². The molecule has 0 aliphatic carbocycles. The SMILES string of the molecule is Cc1nc(CSCC(C)CO)oc1C. The van der Waals surface area contributed by atoms with Crippen LogP contribution in [0.4, 0.5) is 0 Å². The zero-order valence-electron chi connectivity index (χ0n) is 8.91. The molecule has 1 N–H and O–H groups in total. The van der Waals surface area contributed by atoms with Crippen molar-refractivity contribution in [2.24, 2.45) is 5.92 Å². The number of hydrogen-bond donors (Lipinski definition) is 1. The van der Waals surface area contributed by atoms with Crippen molar-refractivity contribution in [2.75, 3.05) is 12.4 Å². The van der Waals surface area contributed by atoms with Crippen LogP contribution >= 0.6 is 11.8 Å². The average Bonchev–Trinajstić information content (AvgIpc) is 2.46. The number of aromatic nitrogens is 1. The maximum Gasteiger partial charge on any atom is 0.204 e. The Labute approximate surface area is 88.9 Å². The van der Waals surface area contributed by atoms with Crippen molar-refractivity contribution in [3.05, 3.63) is 17.3 Å². The summed E-state index contributed by atoms with van der Waals surface area (Å²) in [7, 11) is 0. The Hall–Kier alpha value is -0.480. The summed E-state index contributed by atoms with van der Waals surface area (Å²) >= 11 is 1.74. The minimum atomic E-state index is 0.247. The van der Waals surface area contributed by atoms with Crippen molar-refractivity contribution in [1.82, 2.24) is 4.98 Å². The Morgan fingerprint density at radius 2 is 2.21 bits per heavy atom. The molecule has 0 saturated heterocycles. The van der Waals surface area contributed by atoms with Crippen LogP contribution in [0, 0.1) is 19.8 Å². The lowest BCUT2D eigenvalue weighted by Crippen LogP contribution is -2.03. The molecule has 1 unspecified atom stereocenters. The topological polar surface area (TPSA) is 46.3 Å². The molecule has 3 nitrogen and oxygen atoms in total. The van der Waals surface area contributed by atoms with E-state index in [-0.39, 0.29) is 6.61 Å². The molecule has 0 aromatic carbocycles. The summed E-state index contributed by atoms with van der Waals surface area (Å²) < 4.78 is 5.44. The Morgan fingerprint density at radius 1 is 1.50 bits per heavy atom. The van der Waals surface area contributed by atoms with Gasteiger partial charge in [-0.15, -0.1) is 0 Å². The highest BCUT2D eigenvalue weighted by Gasteiger charge is 2.06. The third-order valence-corrected chi connectivity index (χ3v) is 3.27. The molecule has 1 heterocycles. The molecular weight excluding hydrogens is 198 g/mol. The molecule has 0 aliphatic heterocycles. The van der Waals surface area contributed by atoms with E-state index in [4.69, 9.17) is 9.52 Å². The molecule has 1 rings (SSSR count). The molecule has 0 aliphatic rings. The first-order valence-corrected chi connectivity index (χ1v) is 5.90. The summed E-state index contributed by atoms with van der Waals surface area (Å²) in [6.07, 6.45) is 0. The summed E-state index contributed by atoms with van der Waals surface area (Å²) in [4.78, 5) is 4.28. The van der Waals surface area contributed by atoms with Crippen molar-refractivity contribution in [3.8, 4) is 0 Å². The smallest absolute Gasteiger partial charge is 0.204 e. The highest BCUT2D eigenvalue weighted by molar-refractivity contribution is 7.98. The summed E-state index contributed by atoms with van der Waals surface area (Å²) in [5.74, 6) is 3.76. The van der Waals surface area contributed by atoms with Gasteiger partial charge in [0, 0.05) is 6.61 Å². The summed E-state index contributed by atoms with van der Waals surface area (Å²) in [6, 6.07) is 0. The molecule has 80 valence electrons. The largest absolute Gasteiger partial charge is 0.445 e. The first-order valence-electron chi connectivity index (χ1n) is 4.75. The molecule has 1 aromatic rings. The number of aryl methyl sites for hydroxylation is 2. The van der Waals surface area contributed by atoms with E-state index in [2.05, 4.69) is 4.98 Å². The Morgan fingerprint density at radius 3 is 2.71 bits per heavy atom. The standard InChI is InChI=1S/C10H17NO2S/c1-7(4-12)5-14-6-10-11-8(2)9(3)13-10/h7,12H,4-6H2,1-3H3. The highest BCUT2D eigenvalue weighted by atomic mass is 32.2. The predicted molar refractivity (Wildman–Crippen MR) is 58.4 cm³/mol. The van der Waals surface area contributed by atoms with Crippen LogP contribution in [0.15, 0.2) is 4.42 Å². The van der Waals surface area contributed by atoms with E-state index in [1.807, 2.05) is 20.8 Å². The van der Waals surface area contributed by atoms with Crippen LogP contribution in [-0.2, 0) is 5.75 Å². The van der Waals surface area contributed by atoms with Crippen molar-refractivity contribution in [1.29, 1.82) is 0 Å². The normalized spacial score (nSPS) is 13.1. The lowest BCUT2D eigenvalue weighted by atomic mass is 10.2. The van der Waals surface area contributed by atoms with Gasteiger partial charge in [-0.2, -0.15) is 11.8 Å². The molecule has 0 radical (unpaired) electrons. The maximum atomic E-state index is 8.83. The van der Waals surface area contributed by atoms with Gasteiger partial charge in [-0.25, -0.2) is 4.98 Å². The van der Waals surface area contributed by atoms with Gasteiger partial charge in [0.1, 0.15) is 5.76 Å². The molecule has 0 amide bonds. The minimum Gasteiger partial charge on any atom is -0.445 e. The summed E-state index contributed by atoms with van der Waals surface area (Å²) in [5.41, 5.74) is 0.968. The Bertz CT molecular complexity index is 266. The van der Waals surface area contributed by atoms with Crippen LogP contribution in [0.3, 0.4) is 0 Å². The lowest BCUT2D eigenvalue weighted by Gasteiger charge is -2.04. The van der Waals surface area contributed by atoms with Crippen molar-refractivity contribution >= 4 is 11.8 Å². The third-order valence-electron chi connectivity index (χ3n) is 2.01. The second-order valence-corrected chi connectivity index (χ2v) is 4.58. The first kappa shape index (κ1) is 11.6. The predicted octanol–water partition coefficient (Wildman–Crippen LogP) is 2.15. The molecular formula is C10H17NO2S. The second kappa shape index (κ2) is 5.41. The molecule has 0 fully saturated rings. The van der Waals surface area contributed by atoms with Gasteiger partial charge in [-0.1, -0.05) is 6.92 Å². The van der Waals surface area contributed by atoms with E-state index in [1.54, 1.807) is 11.8 Å². The molecule has 0 saturated carbocycles. The lowest BCUT2D eigenvalue weighted by molar-refractivity contribution is 0.250. The molecule has 1 atom stereocenters. The fourth-order valence-electron chi connectivity index (χ4n) is 1.00. The Balaban J connectivity index is 2.31. The number of rotatable bonds is 5. The van der Waals surface area contributed by atoms with E-state index in [9.17, 15) is 0 Å². The van der Waals surface area contributed by atoms with Crippen LogP contribution in [0.25, 0.3) is 0 Å². The number of nitrogens with zero attached hydrogens (tertiary/aromatic N) is 1. The molecule has 1 aromatic heterocycles. The Kier molecular flexibility index (Phi) is 4.48. The van der Waals surface area contributed by atoms with Gasteiger partial charge in [0.2, 0.25) is 5.89 Å². The quantitative estimate of drug-likeness (QED) is 0.817. The summed E-state index contributed by atoms with van der Waals surface area (Å²) in [5, 5.41) is 8.83. The number of aliphatic hydroxyl groups is 1. The van der Waals surface area contributed by atoms with Crippen molar-refractivity contribution in [2.45, 2.75) is 26.5 Å². The van der Waals surface area contributed by atoms with E-state index < -0.39 is 0 Å². The van der Waals surface area contributed by atoms with Gasteiger partial charge in [0.15, 0.2) is 0 Å². The number of aliphatic hydroxyl groups excluding tert-OH is 1. The van der Waals surface area contributed by atoms with Crippen LogP contribution < -0.4 is 0 Å². The van der Waals surface area contributed by atoms with Crippen LogP contribution in [0.1, 0.15) is 24.3 Å². The van der Waals surface area contributed by atoms with E-state index in [1.165, 1.54) is 0 Å². The molecule has 14 heavy (non-hydrogen) atoms. The molecule has 0 spiro atoms. The van der Waals surface area contributed by atoms with E-state index >= 15 is 0 Å². The average molecular weight is 215 g/mol. The fraction of sp³-hybridized carbons (Fsp3) is 0.700. The molecule has 4 heteroatoms. The second-order valence-electron chi connectivity index (χ2n) is 3.55. The van der Waals surface area contributed by atoms with Gasteiger partial charge in [-0.3, -0.25) is 0 Å². The third kappa shape index (κ3) is 3.35. The van der Waals surface area contributed by atoms with Crippen LogP contribution in [0.2, 0.25) is 0 Å². The number of oxazole rings is 1. The van der Waals surface area contributed by atoms with E-state index in [0.717, 1.165) is 28.9 Å². The highest BCUT2D eigenvalue weighted by Crippen LogP contribution is 2.17.